The molecule has 1 heterocycles. The van der Waals surface area contributed by atoms with Crippen LogP contribution in [-0.2, 0) is 6.42 Å². The smallest absolute Gasteiger partial charge is 0.106 e. The number of rotatable bonds is 2. The van der Waals surface area contributed by atoms with Crippen molar-refractivity contribution in [1.82, 2.24) is 9.97 Å². The molecule has 19 heavy (non-hydrogen) atoms. The van der Waals surface area contributed by atoms with Crippen LogP contribution in [0.5, 0.6) is 0 Å². The second kappa shape index (κ2) is 4.58. The molecular weight excluding hydrogens is 234 g/mol. The highest BCUT2D eigenvalue weighted by atomic mass is 14.9. The normalized spacial score (nSPS) is 10.5. The predicted molar refractivity (Wildman–Crippen MR) is 75.6 cm³/mol. The van der Waals surface area contributed by atoms with E-state index in [2.05, 4.69) is 35.1 Å². The Kier molecular flexibility index (Phi) is 2.77. The maximum Gasteiger partial charge on any atom is 0.106 e. The Hall–Kier alpha value is -2.60. The van der Waals surface area contributed by atoms with Gasteiger partial charge in [0, 0.05) is 6.42 Å². The first-order chi connectivity index (χ1) is 9.30. The molecule has 1 aromatic heterocycles. The van der Waals surface area contributed by atoms with Crippen molar-refractivity contribution in [3.63, 3.8) is 0 Å². The highest BCUT2D eigenvalue weighted by Gasteiger charge is 2.04. The highest BCUT2D eigenvalue weighted by Crippen LogP contribution is 2.23. The van der Waals surface area contributed by atoms with E-state index in [0.29, 0.717) is 5.56 Å². The van der Waals surface area contributed by atoms with Crippen molar-refractivity contribution in [3.05, 3.63) is 53.9 Å². The fraction of sp³-hybridized carbons (Fsp3) is 0.125. The molecule has 0 spiro atoms. The van der Waals surface area contributed by atoms with E-state index >= 15 is 0 Å². The number of nitrogens with zero attached hydrogens (tertiary/aromatic N) is 2. The van der Waals surface area contributed by atoms with Gasteiger partial charge in [0.15, 0.2) is 0 Å². The molecule has 3 aromatic rings. The zero-order chi connectivity index (χ0) is 13.2. The van der Waals surface area contributed by atoms with Crippen LogP contribution < -0.4 is 0 Å². The number of benzene rings is 2. The van der Waals surface area contributed by atoms with Crippen molar-refractivity contribution >= 4 is 11.0 Å². The lowest BCUT2D eigenvalue weighted by molar-refractivity contribution is 1.00. The molecule has 3 rings (SSSR count). The summed E-state index contributed by atoms with van der Waals surface area (Å²) < 4.78 is 0. The van der Waals surface area contributed by atoms with Crippen molar-refractivity contribution < 1.29 is 0 Å². The van der Waals surface area contributed by atoms with E-state index in [1.165, 1.54) is 0 Å². The van der Waals surface area contributed by atoms with E-state index in [0.717, 1.165) is 34.4 Å². The summed E-state index contributed by atoms with van der Waals surface area (Å²) in [5.74, 6) is 1.01. The number of H-pyrrole nitrogens is 1. The number of aromatic nitrogens is 2. The summed E-state index contributed by atoms with van der Waals surface area (Å²) in [5.41, 5.74) is 4.96. The molecule has 3 nitrogen and oxygen atoms in total. The molecule has 0 aliphatic rings. The average Bonchev–Trinajstić information content (AvgIpc) is 2.89. The maximum absolute atomic E-state index is 8.81. The first-order valence-corrected chi connectivity index (χ1v) is 6.29. The van der Waals surface area contributed by atoms with Gasteiger partial charge in [-0.05, 0) is 35.4 Å². The Labute approximate surface area is 111 Å². The van der Waals surface area contributed by atoms with E-state index in [1.54, 1.807) is 0 Å². The maximum atomic E-state index is 8.81. The van der Waals surface area contributed by atoms with E-state index in [-0.39, 0.29) is 0 Å². The number of fused-ring (bicyclic) bond motifs is 1. The number of hydrogen-bond donors (Lipinski definition) is 1. The van der Waals surface area contributed by atoms with Gasteiger partial charge >= 0.3 is 0 Å². The molecule has 2 aromatic carbocycles. The van der Waals surface area contributed by atoms with Crippen LogP contribution in [0.15, 0.2) is 42.5 Å². The Morgan fingerprint density at radius 1 is 1.11 bits per heavy atom. The zero-order valence-corrected chi connectivity index (χ0v) is 10.6. The number of nitriles is 1. The minimum Gasteiger partial charge on any atom is -0.342 e. The lowest BCUT2D eigenvalue weighted by Crippen LogP contribution is -1.80. The number of aromatic amines is 1. The molecule has 1 N–H and O–H groups in total. The molecule has 0 amide bonds. The van der Waals surface area contributed by atoms with Crippen molar-refractivity contribution in [1.29, 1.82) is 5.26 Å². The highest BCUT2D eigenvalue weighted by molar-refractivity contribution is 5.82. The van der Waals surface area contributed by atoms with Crippen LogP contribution in [0.2, 0.25) is 0 Å². The molecule has 0 bridgehead atoms. The number of hydrogen-bond acceptors (Lipinski definition) is 2. The third-order valence-electron chi connectivity index (χ3n) is 3.21. The number of imidazole rings is 1. The fourth-order valence-electron chi connectivity index (χ4n) is 2.15. The Balaban J connectivity index is 2.06. The van der Waals surface area contributed by atoms with E-state index in [1.807, 2.05) is 30.3 Å². The molecule has 0 atom stereocenters. The van der Waals surface area contributed by atoms with Crippen molar-refractivity contribution in [2.75, 3.05) is 0 Å². The third kappa shape index (κ3) is 2.09. The van der Waals surface area contributed by atoms with E-state index in [4.69, 9.17) is 5.26 Å². The molecule has 0 unspecified atom stereocenters. The lowest BCUT2D eigenvalue weighted by atomic mass is 10.0. The molecule has 0 aliphatic heterocycles. The Morgan fingerprint density at radius 2 is 1.84 bits per heavy atom. The molecule has 0 saturated carbocycles. The van der Waals surface area contributed by atoms with Crippen molar-refractivity contribution in [2.45, 2.75) is 13.3 Å². The monoisotopic (exact) mass is 247 g/mol. The largest absolute Gasteiger partial charge is 0.342 e. The summed E-state index contributed by atoms with van der Waals surface area (Å²) in [6.45, 7) is 2.08. The van der Waals surface area contributed by atoms with E-state index < -0.39 is 0 Å². The minimum absolute atomic E-state index is 0.680. The second-order valence-corrected chi connectivity index (χ2v) is 4.46. The van der Waals surface area contributed by atoms with Gasteiger partial charge in [-0.25, -0.2) is 4.98 Å². The minimum atomic E-state index is 0.680. The van der Waals surface area contributed by atoms with Crippen LogP contribution in [-0.4, -0.2) is 9.97 Å². The summed E-state index contributed by atoms with van der Waals surface area (Å²) in [5, 5.41) is 8.81. The van der Waals surface area contributed by atoms with Gasteiger partial charge < -0.3 is 4.98 Å². The van der Waals surface area contributed by atoms with Gasteiger partial charge in [-0.1, -0.05) is 25.1 Å². The van der Waals surface area contributed by atoms with Gasteiger partial charge in [-0.15, -0.1) is 0 Å². The molecule has 92 valence electrons. The predicted octanol–water partition coefficient (Wildman–Crippen LogP) is 3.66. The molecule has 0 aliphatic carbocycles. The first kappa shape index (κ1) is 11.5. The van der Waals surface area contributed by atoms with Crippen LogP contribution in [0.1, 0.15) is 18.3 Å². The van der Waals surface area contributed by atoms with Crippen molar-refractivity contribution in [3.8, 4) is 17.2 Å². The topological polar surface area (TPSA) is 52.5 Å². The van der Waals surface area contributed by atoms with Crippen LogP contribution in [0, 0.1) is 11.3 Å². The molecule has 3 heteroatoms. The van der Waals surface area contributed by atoms with E-state index in [9.17, 15) is 0 Å². The quantitative estimate of drug-likeness (QED) is 0.751. The molecule has 0 fully saturated rings. The molecule has 0 saturated heterocycles. The zero-order valence-electron chi connectivity index (χ0n) is 10.6. The van der Waals surface area contributed by atoms with Gasteiger partial charge in [0.05, 0.1) is 22.7 Å². The van der Waals surface area contributed by atoms with Gasteiger partial charge in [0.1, 0.15) is 5.82 Å². The standard InChI is InChI=1S/C16H13N3/c1-2-16-18-14-8-7-13(9-15(14)19-16)12-5-3-11(10-17)4-6-12/h3-9H,2H2,1H3,(H,18,19). The van der Waals surface area contributed by atoms with Gasteiger partial charge in [-0.2, -0.15) is 5.26 Å². The van der Waals surface area contributed by atoms with Gasteiger partial charge in [-0.3, -0.25) is 0 Å². The average molecular weight is 247 g/mol. The Morgan fingerprint density at radius 3 is 2.53 bits per heavy atom. The molecule has 0 radical (unpaired) electrons. The second-order valence-electron chi connectivity index (χ2n) is 4.46. The molecular formula is C16H13N3. The SMILES string of the molecule is CCc1nc2ccc(-c3ccc(C#N)cc3)cc2[nH]1. The van der Waals surface area contributed by atoms with Gasteiger partial charge in [0.2, 0.25) is 0 Å². The first-order valence-electron chi connectivity index (χ1n) is 6.29. The lowest BCUT2D eigenvalue weighted by Gasteiger charge is -2.01. The number of nitrogens with one attached hydrogen (secondary N) is 1. The third-order valence-corrected chi connectivity index (χ3v) is 3.21. The van der Waals surface area contributed by atoms with Crippen molar-refractivity contribution in [2.24, 2.45) is 0 Å². The summed E-state index contributed by atoms with van der Waals surface area (Å²) in [6.07, 6.45) is 0.904. The van der Waals surface area contributed by atoms with Crippen LogP contribution in [0.25, 0.3) is 22.2 Å². The van der Waals surface area contributed by atoms with Crippen LogP contribution >= 0.6 is 0 Å². The summed E-state index contributed by atoms with van der Waals surface area (Å²) in [7, 11) is 0. The summed E-state index contributed by atoms with van der Waals surface area (Å²) in [4.78, 5) is 7.81. The van der Waals surface area contributed by atoms with Gasteiger partial charge in [0.25, 0.3) is 0 Å². The Bertz CT molecular complexity index is 761. The summed E-state index contributed by atoms with van der Waals surface area (Å²) in [6, 6.07) is 15.9. The van der Waals surface area contributed by atoms with Crippen LogP contribution in [0.3, 0.4) is 0 Å². The summed E-state index contributed by atoms with van der Waals surface area (Å²) >= 11 is 0. The fourth-order valence-corrected chi connectivity index (χ4v) is 2.15. The number of aryl methyl sites for hydroxylation is 1. The van der Waals surface area contributed by atoms with Crippen LogP contribution in [0.4, 0.5) is 0 Å².